The number of hydrogen-bond donors (Lipinski definition) is 2. The topological polar surface area (TPSA) is 82.3 Å². The second-order valence-corrected chi connectivity index (χ2v) is 4.41. The van der Waals surface area contributed by atoms with Crippen LogP contribution in [0.15, 0.2) is 23.3 Å². The van der Waals surface area contributed by atoms with Crippen LogP contribution in [0.1, 0.15) is 23.2 Å². The number of carbonyl (C=O) groups excluding carboxylic acids is 2. The number of carbonyl (C=O) groups is 2. The minimum Gasteiger partial charge on any atom is -0.367 e. The molecule has 1 saturated heterocycles. The Labute approximate surface area is 104 Å². The molecule has 0 bridgehead atoms. The van der Waals surface area contributed by atoms with Gasteiger partial charge in [0, 0.05) is 44.5 Å². The Bertz CT molecular complexity index is 523. The summed E-state index contributed by atoms with van der Waals surface area (Å²) in [6.45, 7) is 0.481. The SMILES string of the molecule is CN1CC(NC(=O)c2c[nH]ccc2=O)CCC1=O. The summed E-state index contributed by atoms with van der Waals surface area (Å²) in [5.74, 6) is -0.317. The van der Waals surface area contributed by atoms with Crippen molar-refractivity contribution < 1.29 is 9.59 Å². The molecule has 1 aromatic heterocycles. The van der Waals surface area contributed by atoms with Gasteiger partial charge in [0.25, 0.3) is 5.91 Å². The molecule has 18 heavy (non-hydrogen) atoms. The molecule has 1 aliphatic heterocycles. The smallest absolute Gasteiger partial charge is 0.257 e. The zero-order valence-electron chi connectivity index (χ0n) is 10.1. The first-order valence-electron chi connectivity index (χ1n) is 5.80. The van der Waals surface area contributed by atoms with Crippen LogP contribution in [0, 0.1) is 0 Å². The van der Waals surface area contributed by atoms with E-state index in [2.05, 4.69) is 10.3 Å². The second-order valence-electron chi connectivity index (χ2n) is 4.41. The molecule has 6 heteroatoms. The monoisotopic (exact) mass is 249 g/mol. The van der Waals surface area contributed by atoms with Gasteiger partial charge in [-0.25, -0.2) is 0 Å². The fourth-order valence-electron chi connectivity index (χ4n) is 1.99. The third-order valence-electron chi connectivity index (χ3n) is 3.03. The Kier molecular flexibility index (Phi) is 3.45. The highest BCUT2D eigenvalue weighted by Crippen LogP contribution is 2.09. The number of nitrogens with zero attached hydrogens (tertiary/aromatic N) is 1. The number of piperidine rings is 1. The summed E-state index contributed by atoms with van der Waals surface area (Å²) in [7, 11) is 1.70. The van der Waals surface area contributed by atoms with Crippen LogP contribution < -0.4 is 10.7 Å². The maximum absolute atomic E-state index is 11.9. The number of likely N-dealkylation sites (N-methyl/N-ethyl adjacent to an activating group) is 1. The summed E-state index contributed by atoms with van der Waals surface area (Å²) in [6, 6.07) is 1.21. The Morgan fingerprint density at radius 3 is 2.94 bits per heavy atom. The van der Waals surface area contributed by atoms with Crippen molar-refractivity contribution in [3.05, 3.63) is 34.2 Å². The van der Waals surface area contributed by atoms with Gasteiger partial charge in [-0.2, -0.15) is 0 Å². The minimum atomic E-state index is -0.399. The van der Waals surface area contributed by atoms with Crippen molar-refractivity contribution in [3.63, 3.8) is 0 Å². The van der Waals surface area contributed by atoms with Gasteiger partial charge in [-0.05, 0) is 6.42 Å². The van der Waals surface area contributed by atoms with Gasteiger partial charge in [0.1, 0.15) is 5.56 Å². The summed E-state index contributed by atoms with van der Waals surface area (Å²) in [5, 5.41) is 2.77. The van der Waals surface area contributed by atoms with Crippen LogP contribution in [0.3, 0.4) is 0 Å². The van der Waals surface area contributed by atoms with Crippen molar-refractivity contribution in [2.24, 2.45) is 0 Å². The van der Waals surface area contributed by atoms with E-state index in [1.54, 1.807) is 11.9 Å². The largest absolute Gasteiger partial charge is 0.367 e. The van der Waals surface area contributed by atoms with E-state index in [-0.39, 0.29) is 22.9 Å². The summed E-state index contributed by atoms with van der Waals surface area (Å²) in [5.41, 5.74) is -0.219. The Morgan fingerprint density at radius 1 is 1.50 bits per heavy atom. The maximum Gasteiger partial charge on any atom is 0.257 e. The van der Waals surface area contributed by atoms with Gasteiger partial charge in [0.15, 0.2) is 5.43 Å². The number of hydrogen-bond acceptors (Lipinski definition) is 3. The van der Waals surface area contributed by atoms with Gasteiger partial charge in [-0.1, -0.05) is 0 Å². The lowest BCUT2D eigenvalue weighted by Crippen LogP contribution is -2.49. The standard InChI is InChI=1S/C12H15N3O3/c1-15-7-8(2-3-11(15)17)14-12(18)9-6-13-5-4-10(9)16/h4-6,8H,2-3,7H2,1H3,(H,13,16)(H,14,18). The van der Waals surface area contributed by atoms with Crippen molar-refractivity contribution in [1.29, 1.82) is 0 Å². The number of rotatable bonds is 2. The zero-order chi connectivity index (χ0) is 13.1. The highest BCUT2D eigenvalue weighted by atomic mass is 16.2. The van der Waals surface area contributed by atoms with Crippen LogP contribution in [-0.2, 0) is 4.79 Å². The Hall–Kier alpha value is -2.11. The lowest BCUT2D eigenvalue weighted by atomic mass is 10.1. The number of aromatic amines is 1. The normalized spacial score (nSPS) is 19.7. The van der Waals surface area contributed by atoms with Gasteiger partial charge in [0.2, 0.25) is 5.91 Å². The molecular weight excluding hydrogens is 234 g/mol. The van der Waals surface area contributed by atoms with Gasteiger partial charge in [0.05, 0.1) is 0 Å². The molecule has 0 aromatic carbocycles. The molecule has 1 aliphatic rings. The van der Waals surface area contributed by atoms with Crippen molar-refractivity contribution in [1.82, 2.24) is 15.2 Å². The minimum absolute atomic E-state index is 0.0815. The van der Waals surface area contributed by atoms with Crippen LogP contribution in [0.5, 0.6) is 0 Å². The lowest BCUT2D eigenvalue weighted by Gasteiger charge is -2.30. The van der Waals surface area contributed by atoms with Crippen molar-refractivity contribution in [2.45, 2.75) is 18.9 Å². The van der Waals surface area contributed by atoms with Crippen molar-refractivity contribution in [2.75, 3.05) is 13.6 Å². The maximum atomic E-state index is 11.9. The average molecular weight is 249 g/mol. The number of amides is 2. The number of aromatic nitrogens is 1. The molecule has 2 heterocycles. The van der Waals surface area contributed by atoms with Gasteiger partial charge < -0.3 is 15.2 Å². The average Bonchev–Trinajstić information content (AvgIpc) is 2.34. The molecule has 0 spiro atoms. The number of H-pyrrole nitrogens is 1. The Balaban J connectivity index is 2.02. The first-order valence-corrected chi connectivity index (χ1v) is 5.80. The van der Waals surface area contributed by atoms with Crippen molar-refractivity contribution in [3.8, 4) is 0 Å². The fraction of sp³-hybridized carbons (Fsp3) is 0.417. The molecule has 1 unspecified atom stereocenters. The third-order valence-corrected chi connectivity index (χ3v) is 3.03. The first kappa shape index (κ1) is 12.3. The molecule has 2 amide bonds. The van der Waals surface area contributed by atoms with Gasteiger partial charge in [-0.3, -0.25) is 14.4 Å². The molecule has 0 aliphatic carbocycles. The van der Waals surface area contributed by atoms with Crippen molar-refractivity contribution >= 4 is 11.8 Å². The zero-order valence-corrected chi connectivity index (χ0v) is 10.1. The van der Waals surface area contributed by atoms with E-state index in [4.69, 9.17) is 0 Å². The van der Waals surface area contributed by atoms with Gasteiger partial charge >= 0.3 is 0 Å². The van der Waals surface area contributed by atoms with E-state index in [0.29, 0.717) is 19.4 Å². The second kappa shape index (κ2) is 5.03. The molecule has 1 atom stereocenters. The predicted octanol–water partition coefficient (Wildman–Crippen LogP) is -0.275. The molecule has 2 N–H and O–H groups in total. The molecule has 1 aromatic rings. The highest BCUT2D eigenvalue weighted by Gasteiger charge is 2.24. The summed E-state index contributed by atoms with van der Waals surface area (Å²) < 4.78 is 0. The van der Waals surface area contributed by atoms with Crippen LogP contribution in [0.25, 0.3) is 0 Å². The van der Waals surface area contributed by atoms with E-state index in [0.717, 1.165) is 0 Å². The number of likely N-dealkylation sites (tertiary alicyclic amines) is 1. The van der Waals surface area contributed by atoms with Crippen LogP contribution in [0.2, 0.25) is 0 Å². The molecular formula is C12H15N3O3. The number of nitrogens with one attached hydrogen (secondary N) is 2. The number of pyridine rings is 1. The van der Waals surface area contributed by atoms with Crippen LogP contribution in [0.4, 0.5) is 0 Å². The van der Waals surface area contributed by atoms with E-state index in [1.165, 1.54) is 18.5 Å². The molecule has 0 radical (unpaired) electrons. The Morgan fingerprint density at radius 2 is 2.28 bits per heavy atom. The molecule has 1 fully saturated rings. The first-order chi connectivity index (χ1) is 8.58. The summed E-state index contributed by atoms with van der Waals surface area (Å²) in [6.07, 6.45) is 3.90. The lowest BCUT2D eigenvalue weighted by molar-refractivity contribution is -0.132. The molecule has 6 nitrogen and oxygen atoms in total. The van der Waals surface area contributed by atoms with Gasteiger partial charge in [-0.15, -0.1) is 0 Å². The fourth-order valence-corrected chi connectivity index (χ4v) is 1.99. The third kappa shape index (κ3) is 2.58. The van der Waals surface area contributed by atoms with E-state index in [1.807, 2.05) is 0 Å². The van der Waals surface area contributed by atoms with E-state index >= 15 is 0 Å². The summed E-state index contributed by atoms with van der Waals surface area (Å²) >= 11 is 0. The quantitative estimate of drug-likeness (QED) is 0.756. The molecule has 96 valence electrons. The summed E-state index contributed by atoms with van der Waals surface area (Å²) in [4.78, 5) is 39.0. The molecule has 2 rings (SSSR count). The molecule has 0 saturated carbocycles. The highest BCUT2D eigenvalue weighted by molar-refractivity contribution is 5.94. The predicted molar refractivity (Wildman–Crippen MR) is 65.2 cm³/mol. The van der Waals surface area contributed by atoms with E-state index in [9.17, 15) is 14.4 Å². The van der Waals surface area contributed by atoms with Crippen LogP contribution >= 0.6 is 0 Å². The van der Waals surface area contributed by atoms with Crippen LogP contribution in [-0.4, -0.2) is 41.3 Å². The van der Waals surface area contributed by atoms with E-state index < -0.39 is 5.91 Å².